The summed E-state index contributed by atoms with van der Waals surface area (Å²) in [5, 5.41) is 6.45. The van der Waals surface area contributed by atoms with Crippen LogP contribution in [0.4, 0.5) is 5.69 Å². The molecule has 2 saturated heterocycles. The fourth-order valence-electron chi connectivity index (χ4n) is 6.45. The van der Waals surface area contributed by atoms with Crippen molar-refractivity contribution in [1.82, 2.24) is 21.1 Å². The minimum Gasteiger partial charge on any atom is -0.353 e. The number of nitrogens with zero attached hydrogens (tertiary/aromatic N) is 1. The van der Waals surface area contributed by atoms with Crippen molar-refractivity contribution >= 4 is 17.5 Å². The Morgan fingerprint density at radius 2 is 1.65 bits per heavy atom. The van der Waals surface area contributed by atoms with E-state index >= 15 is 0 Å². The summed E-state index contributed by atoms with van der Waals surface area (Å²) in [4.78, 5) is 28.1. The van der Waals surface area contributed by atoms with E-state index in [4.69, 9.17) is 0 Å². The number of likely N-dealkylation sites (tertiary alicyclic amines) is 1. The maximum absolute atomic E-state index is 13.0. The monoisotopic (exact) mass is 467 g/mol. The lowest BCUT2D eigenvalue weighted by Crippen LogP contribution is -2.44. The Morgan fingerprint density at radius 1 is 0.882 bits per heavy atom. The van der Waals surface area contributed by atoms with E-state index in [-0.39, 0.29) is 23.8 Å². The van der Waals surface area contributed by atoms with Crippen LogP contribution in [0.2, 0.25) is 0 Å². The Labute approximate surface area is 203 Å². The molecule has 5 rings (SSSR count). The molecule has 0 bridgehead atoms. The van der Waals surface area contributed by atoms with Crippen LogP contribution in [0, 0.1) is 11.8 Å². The van der Waals surface area contributed by atoms with Crippen molar-refractivity contribution in [3.63, 3.8) is 0 Å². The van der Waals surface area contributed by atoms with E-state index in [1.807, 2.05) is 12.1 Å². The van der Waals surface area contributed by atoms with Gasteiger partial charge >= 0.3 is 0 Å². The second-order valence-corrected chi connectivity index (χ2v) is 10.9. The van der Waals surface area contributed by atoms with Crippen LogP contribution in [-0.4, -0.2) is 47.9 Å². The summed E-state index contributed by atoms with van der Waals surface area (Å²) in [6.45, 7) is 2.74. The molecule has 3 atom stereocenters. The van der Waals surface area contributed by atoms with E-state index in [2.05, 4.69) is 38.5 Å². The van der Waals surface area contributed by atoms with Gasteiger partial charge in [0.15, 0.2) is 0 Å². The number of piperidine rings is 1. The third-order valence-electron chi connectivity index (χ3n) is 8.46. The van der Waals surface area contributed by atoms with Crippen LogP contribution in [0.1, 0.15) is 76.2 Å². The molecule has 2 saturated carbocycles. The molecule has 7 heteroatoms. The molecule has 34 heavy (non-hydrogen) atoms. The molecule has 2 aliphatic carbocycles. The summed E-state index contributed by atoms with van der Waals surface area (Å²) in [5.41, 5.74) is 8.63. The van der Waals surface area contributed by atoms with Gasteiger partial charge in [0.1, 0.15) is 6.04 Å². The topological polar surface area (TPSA) is 85.5 Å². The average Bonchev–Trinajstić information content (AvgIpc) is 3.30. The minimum absolute atomic E-state index is 0.0591. The molecule has 4 aliphatic rings. The average molecular weight is 468 g/mol. The molecule has 3 unspecified atom stereocenters. The highest BCUT2D eigenvalue weighted by atomic mass is 16.2. The lowest BCUT2D eigenvalue weighted by atomic mass is 9.81. The zero-order chi connectivity index (χ0) is 23.3. The maximum atomic E-state index is 13.0. The second kappa shape index (κ2) is 11.2. The third kappa shape index (κ3) is 5.81. The number of benzene rings is 1. The van der Waals surface area contributed by atoms with E-state index in [1.165, 1.54) is 37.7 Å². The van der Waals surface area contributed by atoms with Gasteiger partial charge in [-0.3, -0.25) is 19.9 Å². The van der Waals surface area contributed by atoms with Gasteiger partial charge in [-0.05, 0) is 69.3 Å². The summed E-state index contributed by atoms with van der Waals surface area (Å²) < 4.78 is 0. The van der Waals surface area contributed by atoms with Crippen LogP contribution in [-0.2, 0) is 16.1 Å². The predicted molar refractivity (Wildman–Crippen MR) is 134 cm³/mol. The SMILES string of the molecule is O=C(NC1CCCCC1)C1CCN(Cc2cccc(NC(=O)C3NNC4CCCCC43)c2)CC1. The summed E-state index contributed by atoms with van der Waals surface area (Å²) in [5.74, 6) is 0.865. The second-order valence-electron chi connectivity index (χ2n) is 10.9. The number of hydrazine groups is 1. The Morgan fingerprint density at radius 3 is 2.47 bits per heavy atom. The Kier molecular flexibility index (Phi) is 7.82. The summed E-state index contributed by atoms with van der Waals surface area (Å²) >= 11 is 0. The van der Waals surface area contributed by atoms with Gasteiger partial charge in [-0.1, -0.05) is 44.2 Å². The van der Waals surface area contributed by atoms with Crippen LogP contribution < -0.4 is 21.5 Å². The number of hydrogen-bond donors (Lipinski definition) is 4. The van der Waals surface area contributed by atoms with Crippen molar-refractivity contribution in [3.05, 3.63) is 29.8 Å². The molecule has 0 spiro atoms. The van der Waals surface area contributed by atoms with E-state index in [0.717, 1.165) is 63.8 Å². The van der Waals surface area contributed by atoms with Crippen molar-refractivity contribution in [2.24, 2.45) is 11.8 Å². The van der Waals surface area contributed by atoms with E-state index in [1.54, 1.807) is 0 Å². The van der Waals surface area contributed by atoms with E-state index < -0.39 is 0 Å². The molecule has 1 aromatic rings. The number of anilines is 1. The number of nitrogens with one attached hydrogen (secondary N) is 4. The van der Waals surface area contributed by atoms with E-state index in [9.17, 15) is 9.59 Å². The normalized spacial score (nSPS) is 28.9. The molecule has 1 aromatic carbocycles. The zero-order valence-electron chi connectivity index (χ0n) is 20.4. The largest absolute Gasteiger partial charge is 0.353 e. The Hall–Kier alpha value is -1.96. The van der Waals surface area contributed by atoms with Gasteiger partial charge in [0.2, 0.25) is 11.8 Å². The van der Waals surface area contributed by atoms with Crippen LogP contribution in [0.5, 0.6) is 0 Å². The summed E-state index contributed by atoms with van der Waals surface area (Å²) in [6, 6.07) is 8.89. The van der Waals surface area contributed by atoms with Crippen molar-refractivity contribution in [1.29, 1.82) is 0 Å². The number of carbonyl (C=O) groups is 2. The van der Waals surface area contributed by atoms with Gasteiger partial charge in [-0.15, -0.1) is 0 Å². The van der Waals surface area contributed by atoms with Crippen LogP contribution in [0.25, 0.3) is 0 Å². The first-order valence-electron chi connectivity index (χ1n) is 13.6. The molecule has 2 heterocycles. The highest BCUT2D eigenvalue weighted by Gasteiger charge is 2.41. The molecule has 7 nitrogen and oxygen atoms in total. The number of rotatable bonds is 6. The first-order valence-corrected chi connectivity index (χ1v) is 13.6. The maximum Gasteiger partial charge on any atom is 0.243 e. The Bertz CT molecular complexity index is 847. The Balaban J connectivity index is 1.09. The molecule has 0 aromatic heterocycles. The van der Waals surface area contributed by atoms with Gasteiger partial charge in [-0.25, -0.2) is 5.43 Å². The molecule has 0 radical (unpaired) electrons. The van der Waals surface area contributed by atoms with Crippen LogP contribution in [0.15, 0.2) is 24.3 Å². The standard InChI is InChI=1S/C27H41N5O2/c33-26(28-21-8-2-1-3-9-21)20-13-15-32(16-14-20)18-19-7-6-10-22(17-19)29-27(34)25-23-11-4-5-12-24(23)30-31-25/h6-7,10,17,20-21,23-25,30-31H,1-5,8-9,11-16,18H2,(H,28,33)(H,29,34). The zero-order valence-corrected chi connectivity index (χ0v) is 20.4. The molecule has 4 fully saturated rings. The molecule has 186 valence electrons. The molecular weight excluding hydrogens is 426 g/mol. The first-order chi connectivity index (χ1) is 16.7. The fourth-order valence-corrected chi connectivity index (χ4v) is 6.45. The van der Waals surface area contributed by atoms with Gasteiger partial charge in [0, 0.05) is 36.2 Å². The lowest BCUT2D eigenvalue weighted by Gasteiger charge is -2.32. The van der Waals surface area contributed by atoms with Gasteiger partial charge in [0.25, 0.3) is 0 Å². The van der Waals surface area contributed by atoms with Gasteiger partial charge in [0.05, 0.1) is 0 Å². The summed E-state index contributed by atoms with van der Waals surface area (Å²) in [6.07, 6.45) is 12.7. The molecule has 2 amide bonds. The number of carbonyl (C=O) groups excluding carboxylic acids is 2. The quantitative estimate of drug-likeness (QED) is 0.516. The van der Waals surface area contributed by atoms with Crippen molar-refractivity contribution in [2.45, 2.75) is 95.3 Å². The number of fused-ring (bicyclic) bond motifs is 1. The van der Waals surface area contributed by atoms with Crippen molar-refractivity contribution in [2.75, 3.05) is 18.4 Å². The molecular formula is C27H41N5O2. The molecule has 2 aliphatic heterocycles. The highest BCUT2D eigenvalue weighted by Crippen LogP contribution is 2.30. The summed E-state index contributed by atoms with van der Waals surface area (Å²) in [7, 11) is 0. The van der Waals surface area contributed by atoms with Gasteiger partial charge < -0.3 is 10.6 Å². The first kappa shape index (κ1) is 23.8. The predicted octanol–water partition coefficient (Wildman–Crippen LogP) is 3.32. The highest BCUT2D eigenvalue weighted by molar-refractivity contribution is 5.95. The fraction of sp³-hybridized carbons (Fsp3) is 0.704. The van der Waals surface area contributed by atoms with Gasteiger partial charge in [-0.2, -0.15) is 0 Å². The number of amides is 2. The smallest absolute Gasteiger partial charge is 0.243 e. The number of hydrogen-bond acceptors (Lipinski definition) is 5. The third-order valence-corrected chi connectivity index (χ3v) is 8.46. The van der Waals surface area contributed by atoms with Crippen LogP contribution >= 0.6 is 0 Å². The lowest BCUT2D eigenvalue weighted by molar-refractivity contribution is -0.127. The molecule has 4 N–H and O–H groups in total. The van der Waals surface area contributed by atoms with E-state index in [0.29, 0.717) is 18.0 Å². The minimum atomic E-state index is -0.159. The van der Waals surface area contributed by atoms with Crippen molar-refractivity contribution < 1.29 is 9.59 Å². The van der Waals surface area contributed by atoms with Crippen molar-refractivity contribution in [3.8, 4) is 0 Å². The van der Waals surface area contributed by atoms with Crippen LogP contribution in [0.3, 0.4) is 0 Å².